The molecule has 1 rings (SSSR count). The Morgan fingerprint density at radius 1 is 1.43 bits per heavy atom. The summed E-state index contributed by atoms with van der Waals surface area (Å²) in [5.41, 5.74) is 1.22. The summed E-state index contributed by atoms with van der Waals surface area (Å²) in [5.74, 6) is -0.176. The Kier molecular flexibility index (Phi) is 6.62. The van der Waals surface area contributed by atoms with Gasteiger partial charge in [0.2, 0.25) is 0 Å². The van der Waals surface area contributed by atoms with E-state index < -0.39 is 0 Å². The minimum atomic E-state index is -0.176. The van der Waals surface area contributed by atoms with Crippen molar-refractivity contribution in [3.05, 3.63) is 28.5 Å². The molecule has 0 aromatic carbocycles. The molecule has 1 aromatic rings. The van der Waals surface area contributed by atoms with Crippen molar-refractivity contribution in [2.45, 2.75) is 53.0 Å². The quantitative estimate of drug-likeness (QED) is 0.793. The maximum absolute atomic E-state index is 12.4. The molecule has 1 aromatic heterocycles. The maximum Gasteiger partial charge on any atom is 0.251 e. The second kappa shape index (κ2) is 7.76. The third-order valence-electron chi connectivity index (χ3n) is 3.38. The molecule has 0 aliphatic rings. The second-order valence-electron chi connectivity index (χ2n) is 6.32. The molecule has 0 fully saturated rings. The highest BCUT2D eigenvalue weighted by Gasteiger charge is 2.26. The topological polar surface area (TPSA) is 62.2 Å². The molecular weight excluding hydrogens is 288 g/mol. The lowest BCUT2D eigenvalue weighted by molar-refractivity contribution is 0.0885. The Labute approximate surface area is 131 Å². The molecule has 1 atom stereocenters. The van der Waals surface area contributed by atoms with Gasteiger partial charge in [0.1, 0.15) is 5.15 Å². The number of halogens is 1. The first-order valence-electron chi connectivity index (χ1n) is 7.36. The molecule has 21 heavy (non-hydrogen) atoms. The van der Waals surface area contributed by atoms with Gasteiger partial charge in [-0.15, -0.1) is 0 Å². The highest BCUT2D eigenvalue weighted by atomic mass is 35.5. The van der Waals surface area contributed by atoms with Gasteiger partial charge >= 0.3 is 0 Å². The lowest BCUT2D eigenvalue weighted by atomic mass is 9.85. The number of aryl methyl sites for hydroxylation is 1. The van der Waals surface area contributed by atoms with E-state index in [2.05, 4.69) is 17.2 Å². The van der Waals surface area contributed by atoms with Crippen LogP contribution in [-0.2, 0) is 6.42 Å². The van der Waals surface area contributed by atoms with E-state index in [-0.39, 0.29) is 24.0 Å². The fourth-order valence-electron chi connectivity index (χ4n) is 2.16. The molecule has 1 heterocycles. The van der Waals surface area contributed by atoms with Crippen LogP contribution in [0.2, 0.25) is 5.15 Å². The van der Waals surface area contributed by atoms with E-state index in [9.17, 15) is 4.79 Å². The standard InChI is InChI=1S/C16H25ClN2O2/c1-5-6-12-9-11(10-14(17)18-12)15(21)19-13(7-8-20)16(2,3)4/h9-10,13,20H,5-8H2,1-4H3,(H,19,21). The van der Waals surface area contributed by atoms with Crippen LogP contribution in [0.3, 0.4) is 0 Å². The first-order valence-corrected chi connectivity index (χ1v) is 7.74. The van der Waals surface area contributed by atoms with Crippen LogP contribution < -0.4 is 5.32 Å². The van der Waals surface area contributed by atoms with Crippen molar-refractivity contribution in [1.82, 2.24) is 10.3 Å². The molecule has 0 aliphatic carbocycles. The zero-order valence-electron chi connectivity index (χ0n) is 13.2. The third kappa shape index (κ3) is 5.64. The van der Waals surface area contributed by atoms with Crippen molar-refractivity contribution in [1.29, 1.82) is 0 Å². The molecule has 118 valence electrons. The van der Waals surface area contributed by atoms with Gasteiger partial charge in [-0.3, -0.25) is 4.79 Å². The largest absolute Gasteiger partial charge is 0.396 e. The predicted octanol–water partition coefficient (Wildman–Crippen LogP) is 3.21. The zero-order chi connectivity index (χ0) is 16.0. The minimum Gasteiger partial charge on any atom is -0.396 e. The second-order valence-corrected chi connectivity index (χ2v) is 6.71. The summed E-state index contributed by atoms with van der Waals surface area (Å²) in [7, 11) is 0. The predicted molar refractivity (Wildman–Crippen MR) is 85.7 cm³/mol. The van der Waals surface area contributed by atoms with Gasteiger partial charge < -0.3 is 10.4 Å². The van der Waals surface area contributed by atoms with Gasteiger partial charge in [-0.05, 0) is 30.4 Å². The van der Waals surface area contributed by atoms with Gasteiger partial charge in [0.25, 0.3) is 5.91 Å². The smallest absolute Gasteiger partial charge is 0.251 e. The Balaban J connectivity index is 2.92. The maximum atomic E-state index is 12.4. The summed E-state index contributed by atoms with van der Waals surface area (Å²) >= 11 is 5.99. The van der Waals surface area contributed by atoms with E-state index in [1.165, 1.54) is 0 Å². The first-order chi connectivity index (χ1) is 9.77. The number of rotatable bonds is 6. The summed E-state index contributed by atoms with van der Waals surface area (Å²) < 4.78 is 0. The number of carbonyl (C=O) groups is 1. The molecule has 1 unspecified atom stereocenters. The van der Waals surface area contributed by atoms with Crippen LogP contribution in [0.5, 0.6) is 0 Å². The summed E-state index contributed by atoms with van der Waals surface area (Å²) in [5, 5.41) is 12.5. The third-order valence-corrected chi connectivity index (χ3v) is 3.58. The Hall–Kier alpha value is -1.13. The number of hydrogen-bond donors (Lipinski definition) is 2. The molecule has 0 saturated heterocycles. The van der Waals surface area contributed by atoms with Gasteiger partial charge in [0.05, 0.1) is 0 Å². The average Bonchev–Trinajstić information content (AvgIpc) is 2.36. The fourth-order valence-corrected chi connectivity index (χ4v) is 2.38. The van der Waals surface area contributed by atoms with E-state index in [0.717, 1.165) is 18.5 Å². The monoisotopic (exact) mass is 312 g/mol. The van der Waals surface area contributed by atoms with Crippen molar-refractivity contribution in [3.8, 4) is 0 Å². The van der Waals surface area contributed by atoms with Crippen LogP contribution in [0, 0.1) is 5.41 Å². The van der Waals surface area contributed by atoms with Crippen LogP contribution in [0.4, 0.5) is 0 Å². The summed E-state index contributed by atoms with van der Waals surface area (Å²) in [6.07, 6.45) is 2.26. The van der Waals surface area contributed by atoms with Crippen LogP contribution in [0.15, 0.2) is 12.1 Å². The normalized spacial score (nSPS) is 13.0. The van der Waals surface area contributed by atoms with Crippen LogP contribution in [0.25, 0.3) is 0 Å². The zero-order valence-corrected chi connectivity index (χ0v) is 14.0. The SMILES string of the molecule is CCCc1cc(C(=O)NC(CCO)C(C)(C)C)cc(Cl)n1. The van der Waals surface area contributed by atoms with Gasteiger partial charge in [0, 0.05) is 23.9 Å². The van der Waals surface area contributed by atoms with E-state index >= 15 is 0 Å². The van der Waals surface area contributed by atoms with Gasteiger partial charge in [-0.25, -0.2) is 4.98 Å². The van der Waals surface area contributed by atoms with Gasteiger partial charge in [-0.1, -0.05) is 45.7 Å². The number of aliphatic hydroxyl groups excluding tert-OH is 1. The highest BCUT2D eigenvalue weighted by Crippen LogP contribution is 2.22. The number of amides is 1. The molecule has 5 heteroatoms. The molecule has 0 aliphatic heterocycles. The summed E-state index contributed by atoms with van der Waals surface area (Å²) in [4.78, 5) is 16.6. The molecule has 0 radical (unpaired) electrons. The number of hydrogen-bond acceptors (Lipinski definition) is 3. The van der Waals surface area contributed by atoms with Crippen LogP contribution in [-0.4, -0.2) is 28.6 Å². The number of aliphatic hydroxyl groups is 1. The molecule has 0 bridgehead atoms. The lowest BCUT2D eigenvalue weighted by Crippen LogP contribution is -2.44. The molecule has 0 spiro atoms. The Morgan fingerprint density at radius 3 is 2.62 bits per heavy atom. The van der Waals surface area contributed by atoms with E-state index in [0.29, 0.717) is 17.1 Å². The van der Waals surface area contributed by atoms with Crippen LogP contribution >= 0.6 is 11.6 Å². The number of pyridine rings is 1. The summed E-state index contributed by atoms with van der Waals surface area (Å²) in [6.45, 7) is 8.21. The van der Waals surface area contributed by atoms with Crippen molar-refractivity contribution >= 4 is 17.5 Å². The number of aromatic nitrogens is 1. The van der Waals surface area contributed by atoms with E-state index in [4.69, 9.17) is 16.7 Å². The van der Waals surface area contributed by atoms with E-state index in [1.54, 1.807) is 12.1 Å². The van der Waals surface area contributed by atoms with Crippen LogP contribution in [0.1, 0.15) is 56.6 Å². The fraction of sp³-hybridized carbons (Fsp3) is 0.625. The van der Waals surface area contributed by atoms with Gasteiger partial charge in [0.15, 0.2) is 0 Å². The van der Waals surface area contributed by atoms with Crippen molar-refractivity contribution in [2.75, 3.05) is 6.61 Å². The number of carbonyl (C=O) groups excluding carboxylic acids is 1. The van der Waals surface area contributed by atoms with Crippen molar-refractivity contribution in [3.63, 3.8) is 0 Å². The Morgan fingerprint density at radius 2 is 2.10 bits per heavy atom. The van der Waals surface area contributed by atoms with Crippen molar-refractivity contribution in [2.24, 2.45) is 5.41 Å². The molecule has 4 nitrogen and oxygen atoms in total. The number of nitrogens with one attached hydrogen (secondary N) is 1. The minimum absolute atomic E-state index is 0.0421. The molecule has 2 N–H and O–H groups in total. The molecular formula is C16H25ClN2O2. The summed E-state index contributed by atoms with van der Waals surface area (Å²) in [6, 6.07) is 3.26. The highest BCUT2D eigenvalue weighted by molar-refractivity contribution is 6.29. The molecule has 1 amide bonds. The average molecular weight is 313 g/mol. The Bertz CT molecular complexity index is 484. The first kappa shape index (κ1) is 17.9. The lowest BCUT2D eigenvalue weighted by Gasteiger charge is -2.31. The van der Waals surface area contributed by atoms with E-state index in [1.807, 2.05) is 20.8 Å². The molecule has 0 saturated carbocycles. The number of nitrogens with zero attached hydrogens (tertiary/aromatic N) is 1. The van der Waals surface area contributed by atoms with Gasteiger partial charge in [-0.2, -0.15) is 0 Å². The van der Waals surface area contributed by atoms with Crippen molar-refractivity contribution < 1.29 is 9.90 Å².